The van der Waals surface area contributed by atoms with Crippen molar-refractivity contribution >= 4 is 34.4 Å². The van der Waals surface area contributed by atoms with Crippen molar-refractivity contribution in [2.45, 2.75) is 6.92 Å². The molecule has 0 amide bonds. The summed E-state index contributed by atoms with van der Waals surface area (Å²) in [5.74, 6) is 0.177. The van der Waals surface area contributed by atoms with Gasteiger partial charge >= 0.3 is 0 Å². The maximum absolute atomic E-state index is 12.3. The molecule has 0 atom stereocenters. The molecule has 24 heavy (non-hydrogen) atoms. The summed E-state index contributed by atoms with van der Waals surface area (Å²) in [7, 11) is 0. The van der Waals surface area contributed by atoms with Gasteiger partial charge in [0.15, 0.2) is 17.3 Å². The normalized spacial score (nSPS) is 11.2. The fourth-order valence-corrected chi connectivity index (χ4v) is 2.53. The molecule has 3 rings (SSSR count). The molecule has 2 aromatic carbocycles. The number of benzene rings is 2. The SMILES string of the molecule is CCOc1cc(C=CC(=O)c2cc3ccccc3o2)cc(Cl)c1O. The van der Waals surface area contributed by atoms with Crippen molar-refractivity contribution < 1.29 is 19.1 Å². The minimum absolute atomic E-state index is 0.112. The van der Waals surface area contributed by atoms with Crippen molar-refractivity contribution in [3.05, 3.63) is 64.9 Å². The van der Waals surface area contributed by atoms with Crippen LogP contribution in [-0.2, 0) is 0 Å². The van der Waals surface area contributed by atoms with Crippen molar-refractivity contribution in [2.24, 2.45) is 0 Å². The quantitative estimate of drug-likeness (QED) is 0.518. The molecule has 0 aliphatic carbocycles. The molecule has 0 aliphatic rings. The number of halogens is 1. The lowest BCUT2D eigenvalue weighted by Gasteiger charge is -2.08. The average Bonchev–Trinajstić information content (AvgIpc) is 3.01. The Balaban J connectivity index is 1.85. The highest BCUT2D eigenvalue weighted by Crippen LogP contribution is 2.35. The van der Waals surface area contributed by atoms with Crippen LogP contribution in [0.2, 0.25) is 5.02 Å². The van der Waals surface area contributed by atoms with E-state index in [1.807, 2.05) is 24.3 Å². The van der Waals surface area contributed by atoms with Crippen LogP contribution in [0.4, 0.5) is 0 Å². The number of carbonyl (C=O) groups excluding carboxylic acids is 1. The van der Waals surface area contributed by atoms with Gasteiger partial charge in [-0.15, -0.1) is 0 Å². The Morgan fingerprint density at radius 3 is 2.83 bits per heavy atom. The summed E-state index contributed by atoms with van der Waals surface area (Å²) in [6, 6.07) is 12.3. The van der Waals surface area contributed by atoms with Crippen molar-refractivity contribution in [1.29, 1.82) is 0 Å². The number of hydrogen-bond acceptors (Lipinski definition) is 4. The first-order valence-corrected chi connectivity index (χ1v) is 7.82. The van der Waals surface area contributed by atoms with Crippen LogP contribution in [0.5, 0.6) is 11.5 Å². The fourth-order valence-electron chi connectivity index (χ4n) is 2.31. The van der Waals surface area contributed by atoms with Crippen LogP contribution in [-0.4, -0.2) is 17.5 Å². The van der Waals surface area contributed by atoms with Crippen LogP contribution in [0.15, 0.2) is 53.0 Å². The summed E-state index contributed by atoms with van der Waals surface area (Å²) in [6.07, 6.45) is 3.00. The van der Waals surface area contributed by atoms with Gasteiger partial charge in [0.25, 0.3) is 0 Å². The first kappa shape index (κ1) is 16.1. The summed E-state index contributed by atoms with van der Waals surface area (Å²) in [5.41, 5.74) is 1.31. The Hall–Kier alpha value is -2.72. The maximum atomic E-state index is 12.3. The summed E-state index contributed by atoms with van der Waals surface area (Å²) >= 11 is 5.97. The van der Waals surface area contributed by atoms with E-state index in [2.05, 4.69) is 0 Å². The molecule has 0 aliphatic heterocycles. The Labute approximate surface area is 143 Å². The van der Waals surface area contributed by atoms with Gasteiger partial charge in [-0.25, -0.2) is 0 Å². The third-order valence-corrected chi connectivity index (χ3v) is 3.73. The average molecular weight is 343 g/mol. The zero-order valence-corrected chi connectivity index (χ0v) is 13.7. The van der Waals surface area contributed by atoms with E-state index >= 15 is 0 Å². The molecule has 5 heteroatoms. The number of fused-ring (bicyclic) bond motifs is 1. The number of allylic oxidation sites excluding steroid dienone is 1. The van der Waals surface area contributed by atoms with Gasteiger partial charge in [-0.05, 0) is 42.8 Å². The highest BCUT2D eigenvalue weighted by atomic mass is 35.5. The number of phenols is 1. The summed E-state index contributed by atoms with van der Waals surface area (Å²) in [5, 5.41) is 10.9. The van der Waals surface area contributed by atoms with Gasteiger partial charge in [-0.3, -0.25) is 4.79 Å². The highest BCUT2D eigenvalue weighted by Gasteiger charge is 2.11. The molecule has 1 aromatic heterocycles. The number of ketones is 1. The van der Waals surface area contributed by atoms with Crippen molar-refractivity contribution in [1.82, 2.24) is 0 Å². The number of para-hydroxylation sites is 1. The van der Waals surface area contributed by atoms with Gasteiger partial charge in [0.2, 0.25) is 5.78 Å². The van der Waals surface area contributed by atoms with E-state index in [4.69, 9.17) is 20.8 Å². The fraction of sp³-hybridized carbons (Fsp3) is 0.105. The molecule has 3 aromatic rings. The lowest BCUT2D eigenvalue weighted by molar-refractivity contribution is 0.102. The maximum Gasteiger partial charge on any atom is 0.221 e. The molecule has 122 valence electrons. The van der Waals surface area contributed by atoms with Gasteiger partial charge in [0.1, 0.15) is 5.58 Å². The standard InChI is InChI=1S/C19H15ClO4/c1-2-23-18-10-12(9-14(20)19(18)22)7-8-15(21)17-11-13-5-3-4-6-16(13)24-17/h3-11,22H,2H2,1H3. The van der Waals surface area contributed by atoms with Crippen LogP contribution in [0.3, 0.4) is 0 Å². The zero-order chi connectivity index (χ0) is 17.1. The van der Waals surface area contributed by atoms with Crippen LogP contribution < -0.4 is 4.74 Å². The van der Waals surface area contributed by atoms with E-state index in [1.165, 1.54) is 6.08 Å². The second-order valence-corrected chi connectivity index (χ2v) is 5.54. The largest absolute Gasteiger partial charge is 0.503 e. The van der Waals surface area contributed by atoms with E-state index in [-0.39, 0.29) is 28.1 Å². The molecular weight excluding hydrogens is 328 g/mol. The minimum Gasteiger partial charge on any atom is -0.503 e. The molecular formula is C19H15ClO4. The summed E-state index contributed by atoms with van der Waals surface area (Å²) in [6.45, 7) is 2.20. The Morgan fingerprint density at radius 1 is 1.29 bits per heavy atom. The van der Waals surface area contributed by atoms with Crippen molar-refractivity contribution in [2.75, 3.05) is 6.61 Å². The molecule has 0 bridgehead atoms. The number of ether oxygens (including phenoxy) is 1. The Morgan fingerprint density at radius 2 is 2.08 bits per heavy atom. The molecule has 0 unspecified atom stereocenters. The van der Waals surface area contributed by atoms with Crippen molar-refractivity contribution in [3.63, 3.8) is 0 Å². The lowest BCUT2D eigenvalue weighted by atomic mass is 10.1. The smallest absolute Gasteiger partial charge is 0.221 e. The number of carbonyl (C=O) groups is 1. The first-order valence-electron chi connectivity index (χ1n) is 7.44. The second kappa shape index (κ2) is 6.81. The number of rotatable bonds is 5. The summed E-state index contributed by atoms with van der Waals surface area (Å²) < 4.78 is 10.8. The van der Waals surface area contributed by atoms with Crippen LogP contribution in [0.25, 0.3) is 17.0 Å². The van der Waals surface area contributed by atoms with Gasteiger partial charge < -0.3 is 14.3 Å². The molecule has 1 heterocycles. The lowest BCUT2D eigenvalue weighted by Crippen LogP contribution is -1.93. The second-order valence-electron chi connectivity index (χ2n) is 5.13. The minimum atomic E-state index is -0.256. The first-order chi connectivity index (χ1) is 11.6. The van der Waals surface area contributed by atoms with Gasteiger partial charge in [-0.1, -0.05) is 35.9 Å². The Kier molecular flexibility index (Phi) is 4.58. The van der Waals surface area contributed by atoms with Gasteiger partial charge in [-0.2, -0.15) is 0 Å². The molecule has 1 N–H and O–H groups in total. The molecule has 0 spiro atoms. The van der Waals surface area contributed by atoms with Gasteiger partial charge in [0.05, 0.1) is 11.6 Å². The van der Waals surface area contributed by atoms with E-state index in [0.29, 0.717) is 17.8 Å². The van der Waals surface area contributed by atoms with E-state index < -0.39 is 0 Å². The van der Waals surface area contributed by atoms with E-state index in [0.717, 1.165) is 5.39 Å². The van der Waals surface area contributed by atoms with Crippen LogP contribution in [0, 0.1) is 0 Å². The molecule has 0 fully saturated rings. The van der Waals surface area contributed by atoms with Crippen LogP contribution in [0.1, 0.15) is 23.0 Å². The number of furan rings is 1. The third-order valence-electron chi connectivity index (χ3n) is 3.45. The predicted octanol–water partition coefficient (Wildman–Crippen LogP) is 5.09. The number of hydrogen-bond donors (Lipinski definition) is 1. The predicted molar refractivity (Wildman–Crippen MR) is 93.9 cm³/mol. The summed E-state index contributed by atoms with van der Waals surface area (Å²) in [4.78, 5) is 12.3. The van der Waals surface area contributed by atoms with Crippen molar-refractivity contribution in [3.8, 4) is 11.5 Å². The van der Waals surface area contributed by atoms with E-state index in [1.54, 1.807) is 31.2 Å². The van der Waals surface area contributed by atoms with E-state index in [9.17, 15) is 9.90 Å². The zero-order valence-electron chi connectivity index (χ0n) is 13.0. The molecule has 0 saturated carbocycles. The monoisotopic (exact) mass is 342 g/mol. The topological polar surface area (TPSA) is 59.7 Å². The number of phenolic OH excluding ortho intramolecular Hbond substituents is 1. The van der Waals surface area contributed by atoms with Crippen LogP contribution >= 0.6 is 11.6 Å². The molecule has 4 nitrogen and oxygen atoms in total. The third kappa shape index (κ3) is 3.29. The molecule has 0 saturated heterocycles. The highest BCUT2D eigenvalue weighted by molar-refractivity contribution is 6.32. The Bertz CT molecular complexity index is 891. The number of aromatic hydroxyl groups is 1. The van der Waals surface area contributed by atoms with Gasteiger partial charge in [0, 0.05) is 5.39 Å². The molecule has 0 radical (unpaired) electrons.